The van der Waals surface area contributed by atoms with E-state index < -0.39 is 0 Å². The van der Waals surface area contributed by atoms with Gasteiger partial charge in [0.2, 0.25) is 5.95 Å². The van der Waals surface area contributed by atoms with Crippen LogP contribution < -0.4 is 17.2 Å². The molecule has 2 aromatic rings. The number of hydrogen-bond acceptors (Lipinski definition) is 6. The Balaban J connectivity index is 2.76. The summed E-state index contributed by atoms with van der Waals surface area (Å²) >= 11 is 6.00. The van der Waals surface area contributed by atoms with Crippen molar-refractivity contribution < 1.29 is 0 Å². The lowest BCUT2D eigenvalue weighted by molar-refractivity contribution is 1.02. The second-order valence-corrected chi connectivity index (χ2v) is 4.61. The van der Waals surface area contributed by atoms with Crippen LogP contribution in [0.3, 0.4) is 0 Å². The molecule has 108 valence electrons. The van der Waals surface area contributed by atoms with E-state index in [1.807, 2.05) is 6.92 Å². The first-order valence-electron chi connectivity index (χ1n) is 6.04. The summed E-state index contributed by atoms with van der Waals surface area (Å²) in [5.74, 6) is 0.332. The maximum atomic E-state index is 8.58. The second kappa shape index (κ2) is 5.74. The number of halogens is 1. The third-order valence-corrected chi connectivity index (χ3v) is 3.30. The minimum atomic E-state index is 0.102. The quantitative estimate of drug-likeness (QED) is 0.344. The summed E-state index contributed by atoms with van der Waals surface area (Å²) < 4.78 is 0. The van der Waals surface area contributed by atoms with Crippen LogP contribution in [0, 0.1) is 0 Å². The van der Waals surface area contributed by atoms with Gasteiger partial charge in [0.25, 0.3) is 0 Å². The van der Waals surface area contributed by atoms with Gasteiger partial charge in [-0.1, -0.05) is 23.6 Å². The molecule has 0 saturated carbocycles. The zero-order chi connectivity index (χ0) is 15.6. The van der Waals surface area contributed by atoms with Gasteiger partial charge >= 0.3 is 0 Å². The van der Waals surface area contributed by atoms with Crippen LogP contribution in [0.4, 0.5) is 23.1 Å². The van der Waals surface area contributed by atoms with Gasteiger partial charge < -0.3 is 17.2 Å². The van der Waals surface area contributed by atoms with Crippen LogP contribution in [-0.4, -0.2) is 9.97 Å². The molecule has 0 radical (unpaired) electrons. The maximum absolute atomic E-state index is 8.58. The summed E-state index contributed by atoms with van der Waals surface area (Å²) in [5.41, 5.74) is 28.3. The first-order chi connectivity index (χ1) is 9.97. The lowest BCUT2D eigenvalue weighted by Gasteiger charge is -2.13. The highest BCUT2D eigenvalue weighted by atomic mass is 35.5. The third kappa shape index (κ3) is 2.76. The molecule has 0 saturated heterocycles. The van der Waals surface area contributed by atoms with Crippen molar-refractivity contribution in [3.05, 3.63) is 33.3 Å². The Bertz CT molecular complexity index is 751. The Morgan fingerprint density at radius 2 is 2.00 bits per heavy atom. The molecule has 0 aliphatic heterocycles. The van der Waals surface area contributed by atoms with E-state index in [1.54, 1.807) is 12.1 Å². The van der Waals surface area contributed by atoms with Gasteiger partial charge in [-0.3, -0.25) is 0 Å². The Morgan fingerprint density at radius 1 is 1.29 bits per heavy atom. The molecule has 6 N–H and O–H groups in total. The molecule has 0 unspecified atom stereocenters. The Kier molecular flexibility index (Phi) is 4.02. The van der Waals surface area contributed by atoms with Crippen molar-refractivity contribution in [1.82, 2.24) is 9.97 Å². The van der Waals surface area contributed by atoms with Gasteiger partial charge in [-0.2, -0.15) is 4.98 Å². The Morgan fingerprint density at radius 3 is 2.62 bits per heavy atom. The smallest absolute Gasteiger partial charge is 0.222 e. The molecule has 2 rings (SSSR count). The fourth-order valence-corrected chi connectivity index (χ4v) is 2.16. The van der Waals surface area contributed by atoms with Crippen molar-refractivity contribution >= 4 is 34.7 Å². The van der Waals surface area contributed by atoms with Crippen molar-refractivity contribution in [2.75, 3.05) is 17.2 Å². The number of nitrogens with two attached hydrogens (primary N) is 3. The highest BCUT2D eigenvalue weighted by molar-refractivity contribution is 6.35. The van der Waals surface area contributed by atoms with Crippen LogP contribution >= 0.6 is 11.6 Å². The highest BCUT2D eigenvalue weighted by Gasteiger charge is 2.15. The standard InChI is InChI=1S/C12H13ClN8/c1-2-7-9(11(15)19-12(16)18-7)5-3-6(14)10(13)8(4-5)20-21-17/h3-4H,2,14H2,1H3,(H4,15,16,18,19). The number of nitrogens with zero attached hydrogens (tertiary/aromatic N) is 5. The second-order valence-electron chi connectivity index (χ2n) is 4.23. The molecule has 0 fully saturated rings. The van der Waals surface area contributed by atoms with Crippen molar-refractivity contribution in [2.45, 2.75) is 13.3 Å². The van der Waals surface area contributed by atoms with E-state index in [-0.39, 0.29) is 28.2 Å². The fraction of sp³-hybridized carbons (Fsp3) is 0.167. The molecule has 9 heteroatoms. The largest absolute Gasteiger partial charge is 0.397 e. The molecule has 0 aliphatic carbocycles. The van der Waals surface area contributed by atoms with Gasteiger partial charge in [-0.05, 0) is 29.6 Å². The summed E-state index contributed by atoms with van der Waals surface area (Å²) in [6.07, 6.45) is 0.603. The predicted octanol–water partition coefficient (Wildman–Crippen LogP) is 3.05. The summed E-state index contributed by atoms with van der Waals surface area (Å²) in [7, 11) is 0. The molecular weight excluding hydrogens is 292 g/mol. The van der Waals surface area contributed by atoms with Crippen LogP contribution in [0.1, 0.15) is 12.6 Å². The van der Waals surface area contributed by atoms with Crippen molar-refractivity contribution in [1.29, 1.82) is 0 Å². The first kappa shape index (κ1) is 14.7. The highest BCUT2D eigenvalue weighted by Crippen LogP contribution is 2.38. The van der Waals surface area contributed by atoms with E-state index in [4.69, 9.17) is 34.3 Å². The number of azide groups is 1. The molecule has 1 aromatic heterocycles. The monoisotopic (exact) mass is 304 g/mol. The van der Waals surface area contributed by atoms with E-state index in [0.29, 0.717) is 23.2 Å². The Labute approximate surface area is 125 Å². The minimum Gasteiger partial charge on any atom is -0.397 e. The Hall–Kier alpha value is -2.70. The average molecular weight is 305 g/mol. The van der Waals surface area contributed by atoms with E-state index in [9.17, 15) is 0 Å². The topological polar surface area (TPSA) is 153 Å². The number of aromatic nitrogens is 2. The molecule has 0 amide bonds. The average Bonchev–Trinajstić information content (AvgIpc) is 2.43. The van der Waals surface area contributed by atoms with Crippen molar-refractivity contribution in [3.8, 4) is 11.1 Å². The summed E-state index contributed by atoms with van der Waals surface area (Å²) in [6, 6.07) is 3.21. The van der Waals surface area contributed by atoms with Crippen LogP contribution in [0.25, 0.3) is 21.6 Å². The number of nitrogen functional groups attached to an aromatic ring is 3. The van der Waals surface area contributed by atoms with Gasteiger partial charge in [-0.25, -0.2) is 4.98 Å². The third-order valence-electron chi connectivity index (χ3n) is 2.89. The van der Waals surface area contributed by atoms with Gasteiger partial charge in [0.15, 0.2) is 0 Å². The number of anilines is 3. The lowest BCUT2D eigenvalue weighted by atomic mass is 10.0. The van der Waals surface area contributed by atoms with E-state index in [0.717, 1.165) is 0 Å². The number of rotatable bonds is 3. The van der Waals surface area contributed by atoms with Crippen LogP contribution in [0.2, 0.25) is 5.02 Å². The molecular formula is C12H13ClN8. The van der Waals surface area contributed by atoms with Gasteiger partial charge in [-0.15, -0.1) is 0 Å². The normalized spacial score (nSPS) is 10.2. The number of aryl methyl sites for hydroxylation is 1. The van der Waals surface area contributed by atoms with Crippen LogP contribution in [0.5, 0.6) is 0 Å². The van der Waals surface area contributed by atoms with Gasteiger partial charge in [0.1, 0.15) is 5.82 Å². The van der Waals surface area contributed by atoms with Crippen LogP contribution in [0.15, 0.2) is 17.2 Å². The summed E-state index contributed by atoms with van der Waals surface area (Å²) in [6.45, 7) is 1.92. The molecule has 1 aromatic carbocycles. The number of hydrogen-bond donors (Lipinski definition) is 3. The molecule has 1 heterocycles. The number of benzene rings is 1. The SMILES string of the molecule is CCc1nc(N)nc(N)c1-c1cc(N)c(Cl)c(N=[N+]=[N-])c1. The first-order valence-corrected chi connectivity index (χ1v) is 6.42. The molecule has 0 bridgehead atoms. The minimum absolute atomic E-state index is 0.102. The van der Waals surface area contributed by atoms with E-state index in [1.165, 1.54) is 0 Å². The van der Waals surface area contributed by atoms with Crippen molar-refractivity contribution in [3.63, 3.8) is 0 Å². The zero-order valence-corrected chi connectivity index (χ0v) is 12.0. The molecule has 8 nitrogen and oxygen atoms in total. The zero-order valence-electron chi connectivity index (χ0n) is 11.2. The van der Waals surface area contributed by atoms with Crippen molar-refractivity contribution in [2.24, 2.45) is 5.11 Å². The van der Waals surface area contributed by atoms with Gasteiger partial charge in [0.05, 0.1) is 22.1 Å². The molecule has 21 heavy (non-hydrogen) atoms. The fourth-order valence-electron chi connectivity index (χ4n) is 2.01. The molecule has 0 spiro atoms. The molecule has 0 atom stereocenters. The van der Waals surface area contributed by atoms with Gasteiger partial charge in [0, 0.05) is 10.5 Å². The predicted molar refractivity (Wildman–Crippen MR) is 83.9 cm³/mol. The summed E-state index contributed by atoms with van der Waals surface area (Å²) in [5, 5.41) is 3.70. The summed E-state index contributed by atoms with van der Waals surface area (Å²) in [4.78, 5) is 10.8. The van der Waals surface area contributed by atoms with Crippen LogP contribution in [-0.2, 0) is 6.42 Å². The van der Waals surface area contributed by atoms with E-state index in [2.05, 4.69) is 20.0 Å². The lowest BCUT2D eigenvalue weighted by Crippen LogP contribution is -2.06. The van der Waals surface area contributed by atoms with E-state index >= 15 is 0 Å². The maximum Gasteiger partial charge on any atom is 0.222 e. The molecule has 0 aliphatic rings.